The fourth-order valence-corrected chi connectivity index (χ4v) is 2.34. The van der Waals surface area contributed by atoms with E-state index in [1.165, 1.54) is 11.8 Å². The van der Waals surface area contributed by atoms with Crippen LogP contribution in [0.5, 0.6) is 5.75 Å². The molecule has 0 spiro atoms. The lowest BCUT2D eigenvalue weighted by molar-refractivity contribution is 0.108. The van der Waals surface area contributed by atoms with Gasteiger partial charge >= 0.3 is 0 Å². The van der Waals surface area contributed by atoms with Crippen LogP contribution in [0.4, 0.5) is 0 Å². The molecule has 0 aliphatic carbocycles. The van der Waals surface area contributed by atoms with Crippen LogP contribution < -0.4 is 4.74 Å². The molecular weight excluding hydrogens is 244 g/mol. The van der Waals surface area contributed by atoms with Gasteiger partial charge in [0.2, 0.25) is 5.12 Å². The zero-order valence-electron chi connectivity index (χ0n) is 10.1. The van der Waals surface area contributed by atoms with Crippen molar-refractivity contribution in [3.63, 3.8) is 0 Å². The van der Waals surface area contributed by atoms with Crippen molar-refractivity contribution in [1.29, 1.82) is 0 Å². The summed E-state index contributed by atoms with van der Waals surface area (Å²) in [4.78, 5) is 12.0. The lowest BCUT2D eigenvalue weighted by atomic mass is 10.2. The van der Waals surface area contributed by atoms with Crippen molar-refractivity contribution in [3.8, 4) is 5.75 Å². The van der Waals surface area contributed by atoms with Crippen LogP contribution in [0, 0.1) is 0 Å². The van der Waals surface area contributed by atoms with Crippen molar-refractivity contribution < 1.29 is 9.53 Å². The summed E-state index contributed by atoms with van der Waals surface area (Å²) in [7, 11) is 1.60. The first-order chi connectivity index (χ1) is 8.79. The third-order valence-corrected chi connectivity index (χ3v) is 3.49. The van der Waals surface area contributed by atoms with Crippen LogP contribution in [0.25, 0.3) is 0 Å². The summed E-state index contributed by atoms with van der Waals surface area (Å²) in [6.45, 7) is 0. The Bertz CT molecular complexity index is 523. The molecule has 0 saturated heterocycles. The number of thioether (sulfide) groups is 1. The third-order valence-electron chi connectivity index (χ3n) is 2.52. The van der Waals surface area contributed by atoms with E-state index in [1.807, 2.05) is 48.5 Å². The smallest absolute Gasteiger partial charge is 0.219 e. The van der Waals surface area contributed by atoms with Gasteiger partial charge in [-0.25, -0.2) is 0 Å². The Morgan fingerprint density at radius 1 is 1.11 bits per heavy atom. The van der Waals surface area contributed by atoms with Crippen LogP contribution in [0.2, 0.25) is 0 Å². The van der Waals surface area contributed by atoms with Gasteiger partial charge in [0.05, 0.1) is 7.11 Å². The summed E-state index contributed by atoms with van der Waals surface area (Å²) in [5.41, 5.74) is 1.83. The van der Waals surface area contributed by atoms with E-state index in [1.54, 1.807) is 13.2 Å². The molecular formula is C15H14O2S. The largest absolute Gasteiger partial charge is 0.497 e. The maximum absolute atomic E-state index is 12.0. The summed E-state index contributed by atoms with van der Waals surface area (Å²) in [6, 6.07) is 17.2. The number of rotatable bonds is 4. The first-order valence-electron chi connectivity index (χ1n) is 5.64. The molecule has 2 rings (SSSR count). The summed E-state index contributed by atoms with van der Waals surface area (Å²) < 4.78 is 5.11. The van der Waals surface area contributed by atoms with Crippen LogP contribution in [0.1, 0.15) is 15.9 Å². The standard InChI is InChI=1S/C15H14O2S/c1-17-14-9-5-8-13(10-14)15(16)18-11-12-6-3-2-4-7-12/h2-10H,11H2,1H3. The van der Waals surface area contributed by atoms with E-state index in [0.717, 1.165) is 5.56 Å². The molecule has 0 aliphatic heterocycles. The summed E-state index contributed by atoms with van der Waals surface area (Å²) in [5, 5.41) is 0.0674. The molecule has 0 N–H and O–H groups in total. The van der Waals surface area contributed by atoms with Crippen LogP contribution in [0.3, 0.4) is 0 Å². The second-order valence-corrected chi connectivity index (χ2v) is 4.74. The number of benzene rings is 2. The van der Waals surface area contributed by atoms with Gasteiger partial charge in [0.15, 0.2) is 0 Å². The molecule has 18 heavy (non-hydrogen) atoms. The van der Waals surface area contributed by atoms with E-state index >= 15 is 0 Å². The van der Waals surface area contributed by atoms with Crippen molar-refractivity contribution in [3.05, 3.63) is 65.7 Å². The van der Waals surface area contributed by atoms with Gasteiger partial charge in [-0.3, -0.25) is 4.79 Å². The summed E-state index contributed by atoms with van der Waals surface area (Å²) in [5.74, 6) is 1.40. The molecule has 0 aromatic heterocycles. The molecule has 0 amide bonds. The minimum Gasteiger partial charge on any atom is -0.497 e. The Balaban J connectivity index is 1.99. The van der Waals surface area contributed by atoms with E-state index < -0.39 is 0 Å². The van der Waals surface area contributed by atoms with Crippen molar-refractivity contribution in [1.82, 2.24) is 0 Å². The SMILES string of the molecule is COc1cccc(C(=O)SCc2ccccc2)c1. The average Bonchev–Trinajstić information content (AvgIpc) is 2.46. The first kappa shape index (κ1) is 12.7. The lowest BCUT2D eigenvalue weighted by Gasteiger charge is -2.03. The Labute approximate surface area is 111 Å². The van der Waals surface area contributed by atoms with Gasteiger partial charge < -0.3 is 4.74 Å². The molecule has 0 unspecified atom stereocenters. The lowest BCUT2D eigenvalue weighted by Crippen LogP contribution is -1.95. The summed E-state index contributed by atoms with van der Waals surface area (Å²) >= 11 is 1.31. The van der Waals surface area contributed by atoms with Crippen LogP contribution in [0.15, 0.2) is 54.6 Å². The van der Waals surface area contributed by atoms with Crippen LogP contribution in [-0.4, -0.2) is 12.2 Å². The third kappa shape index (κ3) is 3.37. The summed E-state index contributed by atoms with van der Waals surface area (Å²) in [6.07, 6.45) is 0. The number of hydrogen-bond donors (Lipinski definition) is 0. The normalized spacial score (nSPS) is 10.1. The van der Waals surface area contributed by atoms with Gasteiger partial charge in [-0.15, -0.1) is 0 Å². The van der Waals surface area contributed by atoms with Crippen molar-refractivity contribution in [2.75, 3.05) is 7.11 Å². The van der Waals surface area contributed by atoms with E-state index in [0.29, 0.717) is 17.1 Å². The number of ether oxygens (including phenoxy) is 1. The highest BCUT2D eigenvalue weighted by molar-refractivity contribution is 8.13. The van der Waals surface area contributed by atoms with Gasteiger partial charge in [-0.1, -0.05) is 54.2 Å². The molecule has 2 nitrogen and oxygen atoms in total. The number of carbonyl (C=O) groups is 1. The molecule has 0 bridgehead atoms. The first-order valence-corrected chi connectivity index (χ1v) is 6.63. The van der Waals surface area contributed by atoms with Gasteiger partial charge in [0, 0.05) is 11.3 Å². The molecule has 2 aromatic rings. The second kappa shape index (κ2) is 6.26. The molecule has 0 radical (unpaired) electrons. The van der Waals surface area contributed by atoms with Gasteiger partial charge in [-0.2, -0.15) is 0 Å². The number of methoxy groups -OCH3 is 1. The average molecular weight is 258 g/mol. The molecule has 2 aromatic carbocycles. The van der Waals surface area contributed by atoms with Gasteiger partial charge in [0.1, 0.15) is 5.75 Å². The molecule has 0 atom stereocenters. The van der Waals surface area contributed by atoms with Crippen molar-refractivity contribution >= 4 is 16.9 Å². The van der Waals surface area contributed by atoms with Gasteiger partial charge in [0.25, 0.3) is 0 Å². The van der Waals surface area contributed by atoms with E-state index in [2.05, 4.69) is 0 Å². The second-order valence-electron chi connectivity index (χ2n) is 3.79. The van der Waals surface area contributed by atoms with E-state index in [-0.39, 0.29) is 5.12 Å². The minimum atomic E-state index is 0.0674. The Kier molecular flexibility index (Phi) is 4.42. The van der Waals surface area contributed by atoms with Crippen LogP contribution >= 0.6 is 11.8 Å². The topological polar surface area (TPSA) is 26.3 Å². The molecule has 3 heteroatoms. The molecule has 0 aliphatic rings. The highest BCUT2D eigenvalue weighted by Gasteiger charge is 2.07. The van der Waals surface area contributed by atoms with Crippen molar-refractivity contribution in [2.45, 2.75) is 5.75 Å². The van der Waals surface area contributed by atoms with E-state index in [4.69, 9.17) is 4.74 Å². The van der Waals surface area contributed by atoms with E-state index in [9.17, 15) is 4.79 Å². The predicted octanol–water partition coefficient (Wildman–Crippen LogP) is 3.77. The molecule has 92 valence electrons. The predicted molar refractivity (Wildman–Crippen MR) is 75.1 cm³/mol. The fourth-order valence-electron chi connectivity index (χ4n) is 1.56. The molecule has 0 saturated carbocycles. The number of carbonyl (C=O) groups excluding carboxylic acids is 1. The zero-order valence-corrected chi connectivity index (χ0v) is 10.9. The fraction of sp³-hybridized carbons (Fsp3) is 0.133. The van der Waals surface area contributed by atoms with Gasteiger partial charge in [-0.05, 0) is 17.7 Å². The highest BCUT2D eigenvalue weighted by Crippen LogP contribution is 2.20. The maximum atomic E-state index is 12.0. The number of hydrogen-bond acceptors (Lipinski definition) is 3. The zero-order chi connectivity index (χ0) is 12.8. The molecule has 0 fully saturated rings. The van der Waals surface area contributed by atoms with Crippen LogP contribution in [-0.2, 0) is 5.75 Å². The highest BCUT2D eigenvalue weighted by atomic mass is 32.2. The quantitative estimate of drug-likeness (QED) is 0.835. The Morgan fingerprint density at radius 3 is 2.61 bits per heavy atom. The molecule has 0 heterocycles. The Hall–Kier alpha value is -1.74. The monoisotopic (exact) mass is 258 g/mol. The maximum Gasteiger partial charge on any atom is 0.219 e. The minimum absolute atomic E-state index is 0.0674. The van der Waals surface area contributed by atoms with Crippen molar-refractivity contribution in [2.24, 2.45) is 0 Å². The Morgan fingerprint density at radius 2 is 1.89 bits per heavy atom.